The SMILES string of the molecule is Cc1cc(Cl)cnc1C(=O)Cc1ccc(F)c([C@]2(C)CO[C@@](C)(C(F)(F)F)C(N)=N2)c1.Cl. The average Bonchev–Trinajstić information content (AvgIpc) is 2.65. The lowest BCUT2D eigenvalue weighted by Crippen LogP contribution is -2.60. The summed E-state index contributed by atoms with van der Waals surface area (Å²) in [6, 6.07) is 5.54. The molecule has 0 bridgehead atoms. The van der Waals surface area contributed by atoms with E-state index in [9.17, 15) is 22.4 Å². The van der Waals surface area contributed by atoms with E-state index in [1.54, 1.807) is 13.0 Å². The maximum absolute atomic E-state index is 14.6. The molecule has 0 saturated heterocycles. The van der Waals surface area contributed by atoms with Gasteiger partial charge in [0.2, 0.25) is 5.60 Å². The number of aliphatic imine (C=N–C) groups is 1. The lowest BCUT2D eigenvalue weighted by atomic mass is 9.88. The Morgan fingerprint density at radius 1 is 1.28 bits per heavy atom. The number of hydrogen-bond donors (Lipinski definition) is 1. The molecule has 2 heterocycles. The third-order valence-electron chi connectivity index (χ3n) is 5.32. The van der Waals surface area contributed by atoms with Crippen LogP contribution in [0.5, 0.6) is 0 Å². The summed E-state index contributed by atoms with van der Waals surface area (Å²) in [5, 5.41) is 0.393. The summed E-state index contributed by atoms with van der Waals surface area (Å²) in [5.41, 5.74) is 2.59. The molecule has 2 aromatic rings. The Bertz CT molecular complexity index is 1080. The van der Waals surface area contributed by atoms with Gasteiger partial charge in [0.25, 0.3) is 0 Å². The van der Waals surface area contributed by atoms with E-state index in [0.717, 1.165) is 13.0 Å². The molecule has 2 atom stereocenters. The van der Waals surface area contributed by atoms with Gasteiger partial charge >= 0.3 is 6.18 Å². The van der Waals surface area contributed by atoms with Gasteiger partial charge in [-0.05, 0) is 50.1 Å². The van der Waals surface area contributed by atoms with Gasteiger partial charge in [-0.25, -0.2) is 4.39 Å². The molecule has 1 aromatic heterocycles. The minimum absolute atomic E-state index is 0. The second kappa shape index (κ2) is 8.96. The number of hydrogen-bond acceptors (Lipinski definition) is 5. The van der Waals surface area contributed by atoms with Crippen molar-refractivity contribution >= 4 is 35.6 Å². The van der Waals surface area contributed by atoms with Crippen LogP contribution in [0.4, 0.5) is 17.6 Å². The molecule has 2 N–H and O–H groups in total. The number of ketones is 1. The number of alkyl halides is 3. The fourth-order valence-electron chi connectivity index (χ4n) is 3.33. The number of pyridine rings is 1. The molecule has 1 aliphatic heterocycles. The molecule has 11 heteroatoms. The molecule has 0 amide bonds. The third kappa shape index (κ3) is 4.74. The Balaban J connectivity index is 0.00000363. The number of ether oxygens (including phenoxy) is 1. The second-order valence-electron chi connectivity index (χ2n) is 7.82. The number of nitrogens with zero attached hydrogens (tertiary/aromatic N) is 2. The van der Waals surface area contributed by atoms with Gasteiger partial charge in [-0.2, -0.15) is 13.2 Å². The standard InChI is InChI=1S/C21H20ClF4N3O2.ClH/c1-11-6-13(22)9-28-17(11)16(30)8-12-4-5-15(23)14(7-12)19(2)10-31-20(3,18(27)29-19)21(24,25)26;/h4-7,9H,8,10H2,1-3H3,(H2,27,29);1H/t19-,20+;/m0./s1. The van der Waals surface area contributed by atoms with E-state index >= 15 is 0 Å². The lowest BCUT2D eigenvalue weighted by Gasteiger charge is -2.41. The van der Waals surface area contributed by atoms with E-state index in [1.165, 1.54) is 25.3 Å². The first-order valence-corrected chi connectivity index (χ1v) is 9.65. The number of aryl methyl sites for hydroxylation is 1. The Labute approximate surface area is 193 Å². The minimum Gasteiger partial charge on any atom is -0.385 e. The van der Waals surface area contributed by atoms with Crippen LogP contribution in [-0.4, -0.2) is 35.0 Å². The number of rotatable bonds is 4. The van der Waals surface area contributed by atoms with Gasteiger partial charge < -0.3 is 10.5 Å². The lowest BCUT2D eigenvalue weighted by molar-refractivity contribution is -0.249. The molecule has 3 rings (SSSR count). The van der Waals surface area contributed by atoms with Crippen LogP contribution in [0.15, 0.2) is 35.5 Å². The van der Waals surface area contributed by atoms with Gasteiger partial charge in [0, 0.05) is 18.2 Å². The molecule has 0 fully saturated rings. The smallest absolute Gasteiger partial charge is 0.385 e. The van der Waals surface area contributed by atoms with E-state index in [1.807, 2.05) is 0 Å². The zero-order valence-electron chi connectivity index (χ0n) is 17.4. The third-order valence-corrected chi connectivity index (χ3v) is 5.53. The van der Waals surface area contributed by atoms with Crippen LogP contribution < -0.4 is 5.73 Å². The fourth-order valence-corrected chi connectivity index (χ4v) is 3.54. The van der Waals surface area contributed by atoms with E-state index in [0.29, 0.717) is 16.1 Å². The first-order valence-electron chi connectivity index (χ1n) is 9.27. The van der Waals surface area contributed by atoms with Gasteiger partial charge in [0.05, 0.1) is 11.6 Å². The number of halogens is 6. The molecule has 0 saturated carbocycles. The van der Waals surface area contributed by atoms with Gasteiger partial charge in [0.1, 0.15) is 22.9 Å². The molecule has 5 nitrogen and oxygen atoms in total. The van der Waals surface area contributed by atoms with Crippen molar-refractivity contribution in [2.75, 3.05) is 6.61 Å². The molecule has 1 aliphatic rings. The van der Waals surface area contributed by atoms with Crippen LogP contribution in [0.1, 0.15) is 41.0 Å². The van der Waals surface area contributed by atoms with E-state index in [2.05, 4.69) is 9.98 Å². The maximum atomic E-state index is 14.6. The molecule has 0 spiro atoms. The number of carbonyl (C=O) groups is 1. The van der Waals surface area contributed by atoms with Crippen LogP contribution in [0.2, 0.25) is 5.02 Å². The van der Waals surface area contributed by atoms with Crippen molar-refractivity contribution in [1.82, 2.24) is 4.98 Å². The van der Waals surface area contributed by atoms with E-state index in [4.69, 9.17) is 22.1 Å². The van der Waals surface area contributed by atoms with Crippen molar-refractivity contribution in [3.8, 4) is 0 Å². The molecule has 32 heavy (non-hydrogen) atoms. The number of carbonyl (C=O) groups excluding carboxylic acids is 1. The highest BCUT2D eigenvalue weighted by atomic mass is 35.5. The average molecular weight is 494 g/mol. The van der Waals surface area contributed by atoms with Gasteiger partial charge in [-0.3, -0.25) is 14.8 Å². The Morgan fingerprint density at radius 3 is 2.50 bits per heavy atom. The largest absolute Gasteiger partial charge is 0.424 e. The van der Waals surface area contributed by atoms with Crippen LogP contribution >= 0.6 is 24.0 Å². The summed E-state index contributed by atoms with van der Waals surface area (Å²) in [6.45, 7) is 3.34. The van der Waals surface area contributed by atoms with Crippen molar-refractivity contribution in [2.45, 2.75) is 44.5 Å². The Hall–Kier alpha value is -2.23. The predicted octanol–water partition coefficient (Wildman–Crippen LogP) is 4.95. The molecular weight excluding hydrogens is 473 g/mol. The molecule has 174 valence electrons. The summed E-state index contributed by atoms with van der Waals surface area (Å²) in [4.78, 5) is 20.7. The van der Waals surface area contributed by atoms with Crippen LogP contribution in [-0.2, 0) is 16.7 Å². The van der Waals surface area contributed by atoms with Crippen LogP contribution in [0.3, 0.4) is 0 Å². The van der Waals surface area contributed by atoms with Gasteiger partial charge in [-0.15, -0.1) is 12.4 Å². The highest BCUT2D eigenvalue weighted by molar-refractivity contribution is 6.30. The van der Waals surface area contributed by atoms with Crippen molar-refractivity contribution in [2.24, 2.45) is 10.7 Å². The first-order chi connectivity index (χ1) is 14.3. The molecule has 1 aromatic carbocycles. The number of benzene rings is 1. The Kier molecular flexibility index (Phi) is 7.28. The fraction of sp³-hybridized carbons (Fsp3) is 0.381. The highest BCUT2D eigenvalue weighted by Crippen LogP contribution is 2.41. The normalized spacial score (nSPS) is 23.3. The molecule has 0 radical (unpaired) electrons. The molecular formula is C21H21Cl2F4N3O2. The number of Topliss-reactive ketones (excluding diaryl/α,β-unsaturated/α-hetero) is 1. The zero-order chi connectivity index (χ0) is 23.2. The van der Waals surface area contributed by atoms with Crippen LogP contribution in [0.25, 0.3) is 0 Å². The summed E-state index contributed by atoms with van der Waals surface area (Å²) in [7, 11) is 0. The zero-order valence-corrected chi connectivity index (χ0v) is 19.0. The topological polar surface area (TPSA) is 77.6 Å². The predicted molar refractivity (Wildman–Crippen MR) is 115 cm³/mol. The van der Waals surface area contributed by atoms with Gasteiger partial charge in [0.15, 0.2) is 5.78 Å². The minimum atomic E-state index is -4.78. The maximum Gasteiger partial charge on any atom is 0.424 e. The monoisotopic (exact) mass is 493 g/mol. The Morgan fingerprint density at radius 2 is 1.94 bits per heavy atom. The molecule has 0 aliphatic carbocycles. The van der Waals surface area contributed by atoms with E-state index < -0.39 is 35.6 Å². The highest BCUT2D eigenvalue weighted by Gasteiger charge is 2.59. The van der Waals surface area contributed by atoms with Crippen molar-refractivity contribution in [1.29, 1.82) is 0 Å². The van der Waals surface area contributed by atoms with Crippen molar-refractivity contribution < 1.29 is 27.1 Å². The first kappa shape index (κ1) is 26.0. The quantitative estimate of drug-likeness (QED) is 0.482. The van der Waals surface area contributed by atoms with E-state index in [-0.39, 0.29) is 35.9 Å². The summed E-state index contributed by atoms with van der Waals surface area (Å²) < 4.78 is 59.6. The summed E-state index contributed by atoms with van der Waals surface area (Å²) in [5.74, 6) is -1.81. The van der Waals surface area contributed by atoms with Gasteiger partial charge in [-0.1, -0.05) is 17.7 Å². The summed E-state index contributed by atoms with van der Waals surface area (Å²) >= 11 is 5.86. The molecule has 0 unspecified atom stereocenters. The number of amidine groups is 1. The number of nitrogens with two attached hydrogens (primary N) is 1. The van der Waals surface area contributed by atoms with Crippen molar-refractivity contribution in [3.05, 3.63) is 63.7 Å². The second-order valence-corrected chi connectivity index (χ2v) is 8.26. The summed E-state index contributed by atoms with van der Waals surface area (Å²) in [6.07, 6.45) is -3.52. The van der Waals surface area contributed by atoms with Crippen molar-refractivity contribution in [3.63, 3.8) is 0 Å². The number of aromatic nitrogens is 1. The van der Waals surface area contributed by atoms with Crippen LogP contribution in [0, 0.1) is 12.7 Å².